The minimum atomic E-state index is 0.264. The maximum absolute atomic E-state index is 5.06. The Morgan fingerprint density at radius 1 is 1.71 bits per heavy atom. The molecule has 0 spiro atoms. The summed E-state index contributed by atoms with van der Waals surface area (Å²) in [5.74, 6) is 0. The molecule has 1 unspecified atom stereocenters. The van der Waals surface area contributed by atoms with Crippen LogP contribution in [0.3, 0.4) is 0 Å². The highest BCUT2D eigenvalue weighted by atomic mass is 16.7. The van der Waals surface area contributed by atoms with Gasteiger partial charge in [0.1, 0.15) is 0 Å². The summed E-state index contributed by atoms with van der Waals surface area (Å²) in [5.41, 5.74) is 0. The van der Waals surface area contributed by atoms with Crippen LogP contribution in [0.25, 0.3) is 0 Å². The third-order valence-electron chi connectivity index (χ3n) is 0.888. The van der Waals surface area contributed by atoms with Gasteiger partial charge in [-0.15, -0.1) is 0 Å². The highest BCUT2D eigenvalue weighted by Gasteiger charge is 2.18. The molecule has 1 heterocycles. The SMILES string of the molecule is C[C]1OCC(C)O1. The predicted molar refractivity (Wildman–Crippen MR) is 25.4 cm³/mol. The van der Waals surface area contributed by atoms with Crippen molar-refractivity contribution in [2.75, 3.05) is 6.61 Å². The molecule has 1 rings (SSSR count). The second-order valence-electron chi connectivity index (χ2n) is 1.73. The number of hydrogen-bond donors (Lipinski definition) is 0. The molecule has 41 valence electrons. The first kappa shape index (κ1) is 5.06. The Kier molecular flexibility index (Phi) is 1.30. The van der Waals surface area contributed by atoms with Crippen molar-refractivity contribution in [3.05, 3.63) is 6.29 Å². The molecule has 2 heteroatoms. The van der Waals surface area contributed by atoms with Gasteiger partial charge in [-0.2, -0.15) is 0 Å². The normalized spacial score (nSPS) is 34.3. The van der Waals surface area contributed by atoms with Gasteiger partial charge in [-0.25, -0.2) is 0 Å². The van der Waals surface area contributed by atoms with E-state index in [0.29, 0.717) is 12.9 Å². The molecule has 0 amide bonds. The van der Waals surface area contributed by atoms with Gasteiger partial charge in [0.05, 0.1) is 12.7 Å². The lowest BCUT2D eigenvalue weighted by Crippen LogP contribution is -2.00. The van der Waals surface area contributed by atoms with Crippen molar-refractivity contribution < 1.29 is 9.47 Å². The molecular weight excluding hydrogens is 92.1 g/mol. The van der Waals surface area contributed by atoms with Gasteiger partial charge < -0.3 is 9.47 Å². The van der Waals surface area contributed by atoms with Crippen LogP contribution in [0.2, 0.25) is 0 Å². The predicted octanol–water partition coefficient (Wildman–Crippen LogP) is 0.931. The average molecular weight is 101 g/mol. The Hall–Kier alpha value is -0.0800. The summed E-state index contributed by atoms with van der Waals surface area (Å²) >= 11 is 0. The summed E-state index contributed by atoms with van der Waals surface area (Å²) in [6.45, 7) is 4.52. The Bertz CT molecular complexity index is 55.1. The van der Waals surface area contributed by atoms with E-state index in [2.05, 4.69) is 0 Å². The third kappa shape index (κ3) is 1.14. The fraction of sp³-hybridized carbons (Fsp3) is 0.800. The molecule has 7 heavy (non-hydrogen) atoms. The average Bonchev–Trinajstić information content (AvgIpc) is 1.87. The van der Waals surface area contributed by atoms with E-state index >= 15 is 0 Å². The summed E-state index contributed by atoms with van der Waals surface area (Å²) in [6, 6.07) is 0. The fourth-order valence-electron chi connectivity index (χ4n) is 0.586. The van der Waals surface area contributed by atoms with Crippen molar-refractivity contribution in [2.45, 2.75) is 20.0 Å². The van der Waals surface area contributed by atoms with Crippen LogP contribution in [0.15, 0.2) is 0 Å². The van der Waals surface area contributed by atoms with Gasteiger partial charge in [0.2, 0.25) is 6.29 Å². The highest BCUT2D eigenvalue weighted by Crippen LogP contribution is 2.15. The van der Waals surface area contributed by atoms with E-state index in [4.69, 9.17) is 9.47 Å². The molecular formula is C5H9O2. The Labute approximate surface area is 43.4 Å². The molecule has 1 saturated heterocycles. The monoisotopic (exact) mass is 101 g/mol. The zero-order valence-electron chi connectivity index (χ0n) is 4.60. The molecule has 0 saturated carbocycles. The van der Waals surface area contributed by atoms with Gasteiger partial charge in [0.25, 0.3) is 0 Å². The summed E-state index contributed by atoms with van der Waals surface area (Å²) in [4.78, 5) is 0. The van der Waals surface area contributed by atoms with Crippen molar-refractivity contribution >= 4 is 0 Å². The highest BCUT2D eigenvalue weighted by molar-refractivity contribution is 4.67. The molecule has 1 atom stereocenters. The van der Waals surface area contributed by atoms with E-state index in [1.165, 1.54) is 0 Å². The van der Waals surface area contributed by atoms with Crippen molar-refractivity contribution in [2.24, 2.45) is 0 Å². The first-order chi connectivity index (χ1) is 3.29. The van der Waals surface area contributed by atoms with Gasteiger partial charge in [-0.05, 0) is 13.8 Å². The first-order valence-corrected chi connectivity index (χ1v) is 2.42. The zero-order chi connectivity index (χ0) is 5.28. The minimum Gasteiger partial charge on any atom is -0.343 e. The van der Waals surface area contributed by atoms with Crippen LogP contribution in [-0.2, 0) is 9.47 Å². The van der Waals surface area contributed by atoms with E-state index in [0.717, 1.165) is 0 Å². The van der Waals surface area contributed by atoms with Crippen LogP contribution in [0.1, 0.15) is 13.8 Å². The fourth-order valence-corrected chi connectivity index (χ4v) is 0.586. The van der Waals surface area contributed by atoms with E-state index in [-0.39, 0.29) is 6.10 Å². The standard InChI is InChI=1S/C5H9O2/c1-4-3-6-5(2)7-4/h4H,3H2,1-2H3. The summed E-state index contributed by atoms with van der Waals surface area (Å²) in [7, 11) is 0. The third-order valence-corrected chi connectivity index (χ3v) is 0.888. The Morgan fingerprint density at radius 3 is 2.57 bits per heavy atom. The maximum atomic E-state index is 5.06. The van der Waals surface area contributed by atoms with Crippen molar-refractivity contribution in [1.29, 1.82) is 0 Å². The van der Waals surface area contributed by atoms with Gasteiger partial charge in [-0.1, -0.05) is 0 Å². The minimum absolute atomic E-state index is 0.264. The molecule has 1 aliphatic rings. The van der Waals surface area contributed by atoms with Crippen LogP contribution in [0.4, 0.5) is 0 Å². The lowest BCUT2D eigenvalue weighted by atomic mass is 10.5. The molecule has 1 fully saturated rings. The van der Waals surface area contributed by atoms with Crippen LogP contribution < -0.4 is 0 Å². The molecule has 0 aromatic carbocycles. The van der Waals surface area contributed by atoms with Crippen molar-refractivity contribution in [3.63, 3.8) is 0 Å². The van der Waals surface area contributed by atoms with Gasteiger partial charge in [0, 0.05) is 0 Å². The van der Waals surface area contributed by atoms with E-state index in [1.807, 2.05) is 13.8 Å². The smallest absolute Gasteiger partial charge is 0.220 e. The molecule has 1 radical (unpaired) electrons. The lowest BCUT2D eigenvalue weighted by molar-refractivity contribution is 0.0669. The topological polar surface area (TPSA) is 18.5 Å². The van der Waals surface area contributed by atoms with Crippen LogP contribution in [0.5, 0.6) is 0 Å². The molecule has 0 aromatic heterocycles. The van der Waals surface area contributed by atoms with E-state index < -0.39 is 0 Å². The summed E-state index contributed by atoms with van der Waals surface area (Å²) in [5, 5.41) is 0. The number of rotatable bonds is 0. The van der Waals surface area contributed by atoms with Gasteiger partial charge >= 0.3 is 0 Å². The lowest BCUT2D eigenvalue weighted by Gasteiger charge is -1.96. The molecule has 0 bridgehead atoms. The maximum Gasteiger partial charge on any atom is 0.220 e. The van der Waals surface area contributed by atoms with Crippen LogP contribution >= 0.6 is 0 Å². The second-order valence-corrected chi connectivity index (χ2v) is 1.73. The second kappa shape index (κ2) is 1.80. The van der Waals surface area contributed by atoms with E-state index in [1.54, 1.807) is 0 Å². The largest absolute Gasteiger partial charge is 0.343 e. The Balaban J connectivity index is 2.26. The first-order valence-electron chi connectivity index (χ1n) is 2.42. The number of ether oxygens (including phenoxy) is 2. The van der Waals surface area contributed by atoms with Gasteiger partial charge in [-0.3, -0.25) is 0 Å². The van der Waals surface area contributed by atoms with Gasteiger partial charge in [0.15, 0.2) is 0 Å². The molecule has 0 aromatic rings. The quantitative estimate of drug-likeness (QED) is 0.452. The van der Waals surface area contributed by atoms with Crippen molar-refractivity contribution in [1.82, 2.24) is 0 Å². The summed E-state index contributed by atoms with van der Waals surface area (Å²) < 4.78 is 10.0. The van der Waals surface area contributed by atoms with Crippen LogP contribution in [-0.4, -0.2) is 12.7 Å². The molecule has 1 aliphatic heterocycles. The Morgan fingerprint density at radius 2 is 2.43 bits per heavy atom. The molecule has 0 aliphatic carbocycles. The summed E-state index contributed by atoms with van der Waals surface area (Å²) in [6.07, 6.45) is 0.965. The zero-order valence-corrected chi connectivity index (χ0v) is 4.60. The van der Waals surface area contributed by atoms with Crippen LogP contribution in [0, 0.1) is 6.29 Å². The van der Waals surface area contributed by atoms with Crippen molar-refractivity contribution in [3.8, 4) is 0 Å². The number of hydrogen-bond acceptors (Lipinski definition) is 2. The molecule has 0 N–H and O–H groups in total. The van der Waals surface area contributed by atoms with E-state index in [9.17, 15) is 0 Å². The molecule has 2 nitrogen and oxygen atoms in total.